The van der Waals surface area contributed by atoms with E-state index in [1.54, 1.807) is 0 Å². The van der Waals surface area contributed by atoms with Gasteiger partial charge in [0.2, 0.25) is 5.91 Å². The van der Waals surface area contributed by atoms with Crippen LogP contribution in [0, 0.1) is 5.92 Å². The zero-order valence-electron chi connectivity index (χ0n) is 10.7. The summed E-state index contributed by atoms with van der Waals surface area (Å²) in [5.74, 6) is 0.347. The maximum atomic E-state index is 11.9. The number of nitrogens with zero attached hydrogens (tertiary/aromatic N) is 1. The molecule has 1 aliphatic carbocycles. The monoisotopic (exact) mass is 261 g/mol. The van der Waals surface area contributed by atoms with Gasteiger partial charge in [0.05, 0.1) is 6.04 Å². The van der Waals surface area contributed by atoms with Crippen LogP contribution in [-0.4, -0.2) is 23.0 Å². The smallest absolute Gasteiger partial charge is 0.220 e. The summed E-state index contributed by atoms with van der Waals surface area (Å²) < 4.78 is 0. The quantitative estimate of drug-likeness (QED) is 0.312. The van der Waals surface area contributed by atoms with Gasteiger partial charge in [-0.05, 0) is 30.7 Å². The molecule has 1 aromatic carbocycles. The molecule has 0 bridgehead atoms. The topological polar surface area (TPSA) is 87.7 Å². The highest BCUT2D eigenvalue weighted by Crippen LogP contribution is 2.32. The van der Waals surface area contributed by atoms with Crippen LogP contribution >= 0.6 is 0 Å². The van der Waals surface area contributed by atoms with Crippen LogP contribution in [0.1, 0.15) is 24.8 Å². The molecule has 1 saturated carbocycles. The van der Waals surface area contributed by atoms with E-state index in [4.69, 9.17) is 10.9 Å². The number of amides is 1. The molecule has 5 heteroatoms. The number of benzene rings is 1. The van der Waals surface area contributed by atoms with E-state index in [2.05, 4.69) is 10.5 Å². The van der Waals surface area contributed by atoms with Crippen LogP contribution in [0.5, 0.6) is 0 Å². The first kappa shape index (κ1) is 13.4. The predicted molar refractivity (Wildman–Crippen MR) is 72.8 cm³/mol. The summed E-state index contributed by atoms with van der Waals surface area (Å²) in [5, 5.41) is 14.6. The van der Waals surface area contributed by atoms with E-state index >= 15 is 0 Å². The highest BCUT2D eigenvalue weighted by molar-refractivity contribution is 5.90. The summed E-state index contributed by atoms with van der Waals surface area (Å²) in [4.78, 5) is 11.9. The van der Waals surface area contributed by atoms with Gasteiger partial charge in [0.25, 0.3) is 0 Å². The van der Waals surface area contributed by atoms with Gasteiger partial charge in [0.1, 0.15) is 0 Å². The molecule has 1 aromatic rings. The lowest BCUT2D eigenvalue weighted by Crippen LogP contribution is -2.46. The molecular formula is C14H19N3O2. The fourth-order valence-corrected chi connectivity index (χ4v) is 2.07. The van der Waals surface area contributed by atoms with Crippen LogP contribution in [0.2, 0.25) is 0 Å². The number of carbonyl (C=O) groups excluding carboxylic acids is 1. The van der Waals surface area contributed by atoms with Gasteiger partial charge >= 0.3 is 0 Å². The number of carbonyl (C=O) groups is 1. The Morgan fingerprint density at radius 3 is 2.68 bits per heavy atom. The molecule has 1 aliphatic rings. The van der Waals surface area contributed by atoms with Gasteiger partial charge in [0.15, 0.2) is 5.84 Å². The van der Waals surface area contributed by atoms with Crippen molar-refractivity contribution in [3.63, 3.8) is 0 Å². The highest BCUT2D eigenvalue weighted by Gasteiger charge is 2.35. The Balaban J connectivity index is 1.83. The third-order valence-corrected chi connectivity index (χ3v) is 3.33. The predicted octanol–water partition coefficient (Wildman–Crippen LogP) is 1.26. The lowest BCUT2D eigenvalue weighted by molar-refractivity contribution is -0.121. The molecular weight excluding hydrogens is 242 g/mol. The van der Waals surface area contributed by atoms with E-state index < -0.39 is 0 Å². The van der Waals surface area contributed by atoms with Gasteiger partial charge in [0, 0.05) is 6.42 Å². The lowest BCUT2D eigenvalue weighted by Gasteiger charge is -2.16. The van der Waals surface area contributed by atoms with E-state index in [0.717, 1.165) is 18.4 Å². The molecule has 0 spiro atoms. The third kappa shape index (κ3) is 3.98. The normalized spacial score (nSPS) is 16.9. The van der Waals surface area contributed by atoms with Crippen LogP contribution in [0.4, 0.5) is 0 Å². The number of hydrogen-bond donors (Lipinski definition) is 3. The molecule has 4 N–H and O–H groups in total. The standard InChI is InChI=1S/C14H19N3O2/c15-14(17-19)13(11-7-8-11)16-12(18)9-6-10-4-2-1-3-5-10/h1-5,11,13,19H,6-9H2,(H2,15,17)(H,16,18). The van der Waals surface area contributed by atoms with E-state index in [0.29, 0.717) is 18.8 Å². The SMILES string of the molecule is NC(=NO)C(NC(=O)CCc1ccccc1)C1CC1. The van der Waals surface area contributed by atoms with Crippen molar-refractivity contribution in [3.05, 3.63) is 35.9 Å². The molecule has 0 aliphatic heterocycles. The number of hydrogen-bond acceptors (Lipinski definition) is 3. The summed E-state index contributed by atoms with van der Waals surface area (Å²) in [6.45, 7) is 0. The Bertz CT molecular complexity index is 455. The van der Waals surface area contributed by atoms with Crippen molar-refractivity contribution in [2.75, 3.05) is 0 Å². The Hall–Kier alpha value is -2.04. The fraction of sp³-hybridized carbons (Fsp3) is 0.429. The highest BCUT2D eigenvalue weighted by atomic mass is 16.4. The molecule has 0 heterocycles. The molecule has 1 amide bonds. The van der Waals surface area contributed by atoms with Crippen molar-refractivity contribution < 1.29 is 10.0 Å². The number of rotatable bonds is 6. The van der Waals surface area contributed by atoms with E-state index in [9.17, 15) is 4.79 Å². The Morgan fingerprint density at radius 2 is 2.11 bits per heavy atom. The number of amidine groups is 1. The summed E-state index contributed by atoms with van der Waals surface area (Å²) in [6, 6.07) is 9.52. The molecule has 2 rings (SSSR count). The minimum Gasteiger partial charge on any atom is -0.409 e. The second-order valence-electron chi connectivity index (χ2n) is 4.89. The molecule has 5 nitrogen and oxygen atoms in total. The summed E-state index contributed by atoms with van der Waals surface area (Å²) >= 11 is 0. The van der Waals surface area contributed by atoms with Crippen LogP contribution in [0.15, 0.2) is 35.5 Å². The van der Waals surface area contributed by atoms with Crippen molar-refractivity contribution in [1.82, 2.24) is 5.32 Å². The summed E-state index contributed by atoms with van der Waals surface area (Å²) in [5.41, 5.74) is 6.73. The lowest BCUT2D eigenvalue weighted by atomic mass is 10.1. The van der Waals surface area contributed by atoms with Gasteiger partial charge in [-0.25, -0.2) is 0 Å². The van der Waals surface area contributed by atoms with Crippen molar-refractivity contribution in [2.24, 2.45) is 16.8 Å². The molecule has 0 radical (unpaired) electrons. The first-order valence-corrected chi connectivity index (χ1v) is 6.51. The Kier molecular flexibility index (Phi) is 4.39. The minimum absolute atomic E-state index is 0.0626. The van der Waals surface area contributed by atoms with E-state index in [1.165, 1.54) is 0 Å². The van der Waals surface area contributed by atoms with Crippen molar-refractivity contribution in [1.29, 1.82) is 0 Å². The zero-order chi connectivity index (χ0) is 13.7. The first-order chi connectivity index (χ1) is 9.20. The first-order valence-electron chi connectivity index (χ1n) is 6.51. The minimum atomic E-state index is -0.326. The Labute approximate surface area is 112 Å². The van der Waals surface area contributed by atoms with Crippen molar-refractivity contribution in [2.45, 2.75) is 31.7 Å². The average molecular weight is 261 g/mol. The van der Waals surface area contributed by atoms with Crippen molar-refractivity contribution >= 4 is 11.7 Å². The van der Waals surface area contributed by atoms with Crippen LogP contribution in [0.3, 0.4) is 0 Å². The van der Waals surface area contributed by atoms with Crippen LogP contribution in [-0.2, 0) is 11.2 Å². The summed E-state index contributed by atoms with van der Waals surface area (Å²) in [6.07, 6.45) is 3.13. The zero-order valence-corrected chi connectivity index (χ0v) is 10.7. The average Bonchev–Trinajstić information content (AvgIpc) is 3.27. The number of aryl methyl sites for hydroxylation is 1. The second-order valence-corrected chi connectivity index (χ2v) is 4.89. The number of nitrogens with two attached hydrogens (primary N) is 1. The Morgan fingerprint density at radius 1 is 1.42 bits per heavy atom. The van der Waals surface area contributed by atoms with Gasteiger partial charge in [-0.2, -0.15) is 0 Å². The second kappa shape index (κ2) is 6.22. The number of oxime groups is 1. The van der Waals surface area contributed by atoms with Gasteiger partial charge in [-0.3, -0.25) is 4.79 Å². The van der Waals surface area contributed by atoms with Crippen molar-refractivity contribution in [3.8, 4) is 0 Å². The van der Waals surface area contributed by atoms with Gasteiger partial charge < -0.3 is 16.3 Å². The molecule has 1 unspecified atom stereocenters. The maximum Gasteiger partial charge on any atom is 0.220 e. The molecule has 1 fully saturated rings. The number of nitrogens with one attached hydrogen (secondary N) is 1. The van der Waals surface area contributed by atoms with E-state index in [-0.39, 0.29) is 17.8 Å². The van der Waals surface area contributed by atoms with E-state index in [1.807, 2.05) is 30.3 Å². The molecule has 19 heavy (non-hydrogen) atoms. The maximum absolute atomic E-state index is 11.9. The molecule has 0 aromatic heterocycles. The van der Waals surface area contributed by atoms with Crippen LogP contribution < -0.4 is 11.1 Å². The summed E-state index contributed by atoms with van der Waals surface area (Å²) in [7, 11) is 0. The molecule has 1 atom stereocenters. The molecule has 0 saturated heterocycles. The van der Waals surface area contributed by atoms with Gasteiger partial charge in [-0.15, -0.1) is 0 Å². The fourth-order valence-electron chi connectivity index (χ4n) is 2.07. The van der Waals surface area contributed by atoms with Gasteiger partial charge in [-0.1, -0.05) is 35.5 Å². The van der Waals surface area contributed by atoms with Crippen LogP contribution in [0.25, 0.3) is 0 Å². The molecule has 102 valence electrons. The largest absolute Gasteiger partial charge is 0.409 e. The third-order valence-electron chi connectivity index (χ3n) is 3.33.